The van der Waals surface area contributed by atoms with Gasteiger partial charge in [0.1, 0.15) is 0 Å². The number of benzene rings is 1. The molecule has 2 atom stereocenters. The van der Waals surface area contributed by atoms with Gasteiger partial charge in [0.05, 0.1) is 6.61 Å². The fraction of sp³-hybridized carbons (Fsp3) is 0.438. The fourth-order valence-electron chi connectivity index (χ4n) is 2.77. The van der Waals surface area contributed by atoms with E-state index < -0.39 is 23.0 Å². The summed E-state index contributed by atoms with van der Waals surface area (Å²) in [5, 5.41) is 21.4. The first-order chi connectivity index (χ1) is 10.5. The van der Waals surface area contributed by atoms with Crippen LogP contribution in [0.1, 0.15) is 31.2 Å². The number of hydrogen-bond donors (Lipinski definition) is 1. The van der Waals surface area contributed by atoms with Crippen molar-refractivity contribution in [1.82, 2.24) is 0 Å². The third-order valence-corrected chi connectivity index (χ3v) is 3.89. The van der Waals surface area contributed by atoms with Gasteiger partial charge in [0.2, 0.25) is 12.1 Å². The SMILES string of the molecule is CCOC(=O)C(O)(C[N+](=O)[O-])C1=CCC(c2ccccc2)C1. The third kappa shape index (κ3) is 3.33. The third-order valence-electron chi connectivity index (χ3n) is 3.89. The van der Waals surface area contributed by atoms with Crippen LogP contribution in [-0.2, 0) is 9.53 Å². The smallest absolute Gasteiger partial charge is 0.349 e. The van der Waals surface area contributed by atoms with E-state index in [0.717, 1.165) is 5.56 Å². The summed E-state index contributed by atoms with van der Waals surface area (Å²) in [4.78, 5) is 22.2. The molecule has 0 fully saturated rings. The van der Waals surface area contributed by atoms with Crippen LogP contribution in [0.5, 0.6) is 0 Å². The molecule has 0 amide bonds. The quantitative estimate of drug-likeness (QED) is 0.376. The Morgan fingerprint density at radius 3 is 2.73 bits per heavy atom. The van der Waals surface area contributed by atoms with Crippen molar-refractivity contribution < 1.29 is 19.6 Å². The van der Waals surface area contributed by atoms with E-state index in [9.17, 15) is 20.0 Å². The highest BCUT2D eigenvalue weighted by Crippen LogP contribution is 2.39. The molecule has 2 rings (SSSR count). The van der Waals surface area contributed by atoms with Gasteiger partial charge in [-0.05, 0) is 36.8 Å². The molecule has 0 spiro atoms. The van der Waals surface area contributed by atoms with E-state index in [2.05, 4.69) is 0 Å². The number of aliphatic hydroxyl groups is 1. The molecular weight excluding hydrogens is 286 g/mol. The molecule has 0 aromatic heterocycles. The van der Waals surface area contributed by atoms with Crippen molar-refractivity contribution >= 4 is 5.97 Å². The van der Waals surface area contributed by atoms with Gasteiger partial charge in [-0.15, -0.1) is 0 Å². The molecule has 22 heavy (non-hydrogen) atoms. The number of carbonyl (C=O) groups excluding carboxylic acids is 1. The average molecular weight is 305 g/mol. The maximum absolute atomic E-state index is 12.0. The lowest BCUT2D eigenvalue weighted by molar-refractivity contribution is -0.495. The lowest BCUT2D eigenvalue weighted by atomic mass is 9.88. The van der Waals surface area contributed by atoms with Gasteiger partial charge in [-0.25, -0.2) is 4.79 Å². The maximum atomic E-state index is 12.0. The first-order valence-electron chi connectivity index (χ1n) is 7.23. The van der Waals surface area contributed by atoms with E-state index in [-0.39, 0.29) is 12.5 Å². The number of esters is 1. The molecule has 6 heteroatoms. The van der Waals surface area contributed by atoms with Gasteiger partial charge in [-0.1, -0.05) is 36.4 Å². The normalized spacial score (nSPS) is 20.1. The van der Waals surface area contributed by atoms with Crippen LogP contribution in [0.2, 0.25) is 0 Å². The van der Waals surface area contributed by atoms with Crippen molar-refractivity contribution in [2.75, 3.05) is 13.2 Å². The second-order valence-corrected chi connectivity index (χ2v) is 5.35. The molecule has 0 radical (unpaired) electrons. The monoisotopic (exact) mass is 305 g/mol. The second-order valence-electron chi connectivity index (χ2n) is 5.35. The lowest BCUT2D eigenvalue weighted by Gasteiger charge is -2.24. The van der Waals surface area contributed by atoms with Gasteiger partial charge in [0.25, 0.3) is 0 Å². The number of hydrogen-bond acceptors (Lipinski definition) is 5. The van der Waals surface area contributed by atoms with Gasteiger partial charge in [-0.3, -0.25) is 10.1 Å². The maximum Gasteiger partial charge on any atom is 0.349 e. The van der Waals surface area contributed by atoms with Crippen LogP contribution >= 0.6 is 0 Å². The fourth-order valence-corrected chi connectivity index (χ4v) is 2.77. The highest BCUT2D eigenvalue weighted by molar-refractivity contribution is 5.83. The van der Waals surface area contributed by atoms with Crippen molar-refractivity contribution in [3.63, 3.8) is 0 Å². The first kappa shape index (κ1) is 16.2. The molecule has 1 aromatic carbocycles. The van der Waals surface area contributed by atoms with Crippen LogP contribution in [0.15, 0.2) is 42.0 Å². The van der Waals surface area contributed by atoms with E-state index in [0.29, 0.717) is 18.4 Å². The highest BCUT2D eigenvalue weighted by atomic mass is 16.6. The van der Waals surface area contributed by atoms with Crippen molar-refractivity contribution in [2.45, 2.75) is 31.3 Å². The van der Waals surface area contributed by atoms with Crippen LogP contribution < -0.4 is 0 Å². The van der Waals surface area contributed by atoms with Crippen LogP contribution in [0.3, 0.4) is 0 Å². The van der Waals surface area contributed by atoms with Gasteiger partial charge in [-0.2, -0.15) is 0 Å². The molecule has 1 aliphatic rings. The summed E-state index contributed by atoms with van der Waals surface area (Å²) in [5.41, 5.74) is -0.721. The van der Waals surface area contributed by atoms with Gasteiger partial charge >= 0.3 is 5.97 Å². The largest absolute Gasteiger partial charge is 0.463 e. The van der Waals surface area contributed by atoms with Gasteiger partial charge in [0.15, 0.2) is 0 Å². The van der Waals surface area contributed by atoms with Crippen LogP contribution in [0.25, 0.3) is 0 Å². The van der Waals surface area contributed by atoms with Crippen molar-refractivity contribution in [1.29, 1.82) is 0 Å². The summed E-state index contributed by atoms with van der Waals surface area (Å²) in [6, 6.07) is 9.69. The van der Waals surface area contributed by atoms with Crippen molar-refractivity contribution in [3.05, 3.63) is 57.7 Å². The van der Waals surface area contributed by atoms with Crippen LogP contribution in [0.4, 0.5) is 0 Å². The van der Waals surface area contributed by atoms with Gasteiger partial charge < -0.3 is 9.84 Å². The molecule has 1 aliphatic carbocycles. The first-order valence-corrected chi connectivity index (χ1v) is 7.23. The molecular formula is C16H19NO5. The minimum atomic E-state index is -2.18. The van der Waals surface area contributed by atoms with Crippen LogP contribution in [-0.4, -0.2) is 34.8 Å². The minimum Gasteiger partial charge on any atom is -0.463 e. The van der Waals surface area contributed by atoms with E-state index in [4.69, 9.17) is 4.74 Å². The summed E-state index contributed by atoms with van der Waals surface area (Å²) in [5.74, 6) is -0.837. The lowest BCUT2D eigenvalue weighted by Crippen LogP contribution is -2.47. The number of allylic oxidation sites excluding steroid dienone is 1. The summed E-state index contributed by atoms with van der Waals surface area (Å²) < 4.78 is 4.83. The predicted molar refractivity (Wildman–Crippen MR) is 79.9 cm³/mol. The van der Waals surface area contributed by atoms with Gasteiger partial charge in [0, 0.05) is 4.92 Å². The minimum absolute atomic E-state index is 0.0637. The number of carbonyl (C=O) groups is 1. The Hall–Kier alpha value is -2.21. The van der Waals surface area contributed by atoms with E-state index in [1.165, 1.54) is 0 Å². The Kier molecular flexibility index (Phi) is 4.92. The molecule has 0 saturated heterocycles. The number of ether oxygens (including phenoxy) is 1. The summed E-state index contributed by atoms with van der Waals surface area (Å²) in [6.45, 7) is 0.785. The van der Waals surface area contributed by atoms with E-state index in [1.807, 2.05) is 30.3 Å². The zero-order valence-electron chi connectivity index (χ0n) is 12.4. The van der Waals surface area contributed by atoms with Crippen molar-refractivity contribution in [3.8, 4) is 0 Å². The molecule has 118 valence electrons. The number of rotatable bonds is 6. The molecule has 2 unspecified atom stereocenters. The summed E-state index contributed by atoms with van der Waals surface area (Å²) in [7, 11) is 0. The van der Waals surface area contributed by atoms with E-state index >= 15 is 0 Å². The molecule has 1 aromatic rings. The highest BCUT2D eigenvalue weighted by Gasteiger charge is 2.48. The second kappa shape index (κ2) is 6.70. The predicted octanol–water partition coefficient (Wildman–Crippen LogP) is 2.06. The molecule has 0 heterocycles. The molecule has 0 bridgehead atoms. The standard InChI is InChI=1S/C16H19NO5/c1-2-22-15(18)16(19,11-17(20)21)14-9-8-13(10-14)12-6-4-3-5-7-12/h3-7,9,13,19H,2,8,10-11H2,1H3. The van der Waals surface area contributed by atoms with Crippen molar-refractivity contribution in [2.24, 2.45) is 0 Å². The van der Waals surface area contributed by atoms with E-state index in [1.54, 1.807) is 13.0 Å². The summed E-state index contributed by atoms with van der Waals surface area (Å²) in [6.07, 6.45) is 2.77. The van der Waals surface area contributed by atoms with Crippen LogP contribution in [0, 0.1) is 10.1 Å². The average Bonchev–Trinajstić information content (AvgIpc) is 2.98. The Bertz CT molecular complexity index is 583. The number of nitrogens with zero attached hydrogens (tertiary/aromatic N) is 1. The summed E-state index contributed by atoms with van der Waals surface area (Å²) >= 11 is 0. The zero-order chi connectivity index (χ0) is 16.2. The molecule has 0 saturated carbocycles. The Morgan fingerprint density at radius 2 is 2.14 bits per heavy atom. The molecule has 1 N–H and O–H groups in total. The Labute approximate surface area is 128 Å². The zero-order valence-corrected chi connectivity index (χ0v) is 12.4. The molecule has 0 aliphatic heterocycles. The molecule has 6 nitrogen and oxygen atoms in total. The number of nitro groups is 1. The Morgan fingerprint density at radius 1 is 1.45 bits per heavy atom. The topological polar surface area (TPSA) is 89.7 Å². The Balaban J connectivity index is 2.19.